The van der Waals surface area contributed by atoms with Gasteiger partial charge in [-0.3, -0.25) is 9.59 Å². The third-order valence-electron chi connectivity index (χ3n) is 4.95. The van der Waals surface area contributed by atoms with Crippen LogP contribution in [0.1, 0.15) is 25.8 Å². The van der Waals surface area contributed by atoms with Crippen molar-refractivity contribution in [3.63, 3.8) is 0 Å². The van der Waals surface area contributed by atoms with Gasteiger partial charge in [-0.2, -0.15) is 0 Å². The first kappa shape index (κ1) is 19.5. The smallest absolute Gasteiger partial charge is 0.246 e. The lowest BCUT2D eigenvalue weighted by Gasteiger charge is -2.36. The van der Waals surface area contributed by atoms with Gasteiger partial charge in [0.05, 0.1) is 12.8 Å². The number of carbonyl (C=O) groups is 2. The van der Waals surface area contributed by atoms with Crippen LogP contribution in [0.5, 0.6) is 5.75 Å². The number of nitrogens with zero attached hydrogens (tertiary/aromatic N) is 1. The Kier molecular flexibility index (Phi) is 5.73. The molecule has 0 aromatic heterocycles. The maximum absolute atomic E-state index is 13.0. The van der Waals surface area contributed by atoms with Crippen molar-refractivity contribution in [1.29, 1.82) is 0 Å². The number of nitrogens with one attached hydrogen (secondary N) is 2. The Morgan fingerprint density at radius 3 is 2.71 bits per heavy atom. The Labute approximate surface area is 164 Å². The van der Waals surface area contributed by atoms with E-state index in [9.17, 15) is 9.59 Å². The van der Waals surface area contributed by atoms with Crippen LogP contribution in [0.2, 0.25) is 0 Å². The fourth-order valence-electron chi connectivity index (χ4n) is 3.55. The lowest BCUT2D eigenvalue weighted by atomic mass is 9.98. The van der Waals surface area contributed by atoms with Gasteiger partial charge >= 0.3 is 0 Å². The maximum atomic E-state index is 13.0. The Morgan fingerprint density at radius 2 is 2.00 bits per heavy atom. The molecule has 0 saturated heterocycles. The zero-order valence-corrected chi connectivity index (χ0v) is 16.4. The number of nitrogen functional groups attached to an aromatic ring is 1. The Balaban J connectivity index is 1.82. The summed E-state index contributed by atoms with van der Waals surface area (Å²) in [4.78, 5) is 26.4. The summed E-state index contributed by atoms with van der Waals surface area (Å²) < 4.78 is 5.35. The van der Waals surface area contributed by atoms with Crippen LogP contribution in [0.25, 0.3) is 0 Å². The molecule has 0 fully saturated rings. The second-order valence-electron chi connectivity index (χ2n) is 6.90. The molecule has 4 N–H and O–H groups in total. The van der Waals surface area contributed by atoms with Gasteiger partial charge in [-0.15, -0.1) is 0 Å². The van der Waals surface area contributed by atoms with Crippen molar-refractivity contribution in [3.8, 4) is 5.75 Å². The van der Waals surface area contributed by atoms with E-state index >= 15 is 0 Å². The number of amides is 2. The lowest BCUT2D eigenvalue weighted by Crippen LogP contribution is -2.44. The summed E-state index contributed by atoms with van der Waals surface area (Å²) >= 11 is 0. The first-order valence-electron chi connectivity index (χ1n) is 9.31. The predicted molar refractivity (Wildman–Crippen MR) is 112 cm³/mol. The summed E-state index contributed by atoms with van der Waals surface area (Å²) in [5.41, 5.74) is 10.1. The second kappa shape index (κ2) is 8.21. The molecule has 7 heteroatoms. The minimum absolute atomic E-state index is 0.159. The number of ether oxygens (including phenoxy) is 1. The number of fused-ring (bicyclic) bond motifs is 1. The van der Waals surface area contributed by atoms with Gasteiger partial charge < -0.3 is 26.0 Å². The van der Waals surface area contributed by atoms with Crippen molar-refractivity contribution in [2.75, 3.05) is 34.9 Å². The van der Waals surface area contributed by atoms with Crippen molar-refractivity contribution >= 4 is 34.6 Å². The molecule has 2 aromatic rings. The first-order chi connectivity index (χ1) is 13.4. The highest BCUT2D eigenvalue weighted by molar-refractivity contribution is 5.99. The fourth-order valence-corrected chi connectivity index (χ4v) is 3.55. The molecule has 28 heavy (non-hydrogen) atoms. The van der Waals surface area contributed by atoms with E-state index in [1.54, 1.807) is 18.2 Å². The number of hydrogen-bond acceptors (Lipinski definition) is 5. The summed E-state index contributed by atoms with van der Waals surface area (Å²) in [7, 11) is 1.54. The van der Waals surface area contributed by atoms with E-state index in [4.69, 9.17) is 10.5 Å². The topological polar surface area (TPSA) is 96.7 Å². The van der Waals surface area contributed by atoms with Crippen LogP contribution in [0.3, 0.4) is 0 Å². The van der Waals surface area contributed by atoms with Gasteiger partial charge in [-0.1, -0.05) is 6.07 Å². The second-order valence-corrected chi connectivity index (χ2v) is 6.90. The SMILES string of the molecule is COc1ccc(NC(C)=O)cc1NC(=O)C(C)N1CCCc2c(N)cccc21. The fraction of sp³-hybridized carbons (Fsp3) is 0.333. The van der Waals surface area contributed by atoms with Gasteiger partial charge in [-0.05, 0) is 55.7 Å². The van der Waals surface area contributed by atoms with Gasteiger partial charge in [0, 0.05) is 30.5 Å². The summed E-state index contributed by atoms with van der Waals surface area (Å²) in [6.45, 7) is 4.09. The Bertz CT molecular complexity index is 897. The molecule has 1 atom stereocenters. The number of nitrogens with two attached hydrogens (primary N) is 1. The minimum atomic E-state index is -0.394. The van der Waals surface area contributed by atoms with E-state index in [0.29, 0.717) is 17.1 Å². The van der Waals surface area contributed by atoms with E-state index in [-0.39, 0.29) is 11.8 Å². The molecule has 0 aliphatic carbocycles. The van der Waals surface area contributed by atoms with Gasteiger partial charge in [0.2, 0.25) is 11.8 Å². The molecular weight excluding hydrogens is 356 g/mol. The summed E-state index contributed by atoms with van der Waals surface area (Å²) in [5.74, 6) is 0.185. The highest BCUT2D eigenvalue weighted by Crippen LogP contribution is 2.33. The largest absolute Gasteiger partial charge is 0.495 e. The first-order valence-corrected chi connectivity index (χ1v) is 9.31. The van der Waals surface area contributed by atoms with Crippen LogP contribution in [-0.2, 0) is 16.0 Å². The molecular formula is C21H26N4O3. The normalized spacial score (nSPS) is 14.0. The number of methoxy groups -OCH3 is 1. The molecule has 148 valence electrons. The molecule has 3 rings (SSSR count). The van der Waals surface area contributed by atoms with Crippen LogP contribution in [0.15, 0.2) is 36.4 Å². The number of hydrogen-bond donors (Lipinski definition) is 3. The zero-order valence-electron chi connectivity index (χ0n) is 16.4. The van der Waals surface area contributed by atoms with E-state index in [2.05, 4.69) is 15.5 Å². The molecule has 1 aliphatic heterocycles. The van der Waals surface area contributed by atoms with Crippen molar-refractivity contribution in [3.05, 3.63) is 42.0 Å². The van der Waals surface area contributed by atoms with Gasteiger partial charge in [0.1, 0.15) is 11.8 Å². The third-order valence-corrected chi connectivity index (χ3v) is 4.95. The maximum Gasteiger partial charge on any atom is 0.246 e. The van der Waals surface area contributed by atoms with Crippen molar-refractivity contribution in [2.45, 2.75) is 32.7 Å². The van der Waals surface area contributed by atoms with Crippen LogP contribution < -0.4 is 26.0 Å². The molecule has 0 saturated carbocycles. The van der Waals surface area contributed by atoms with E-state index in [0.717, 1.165) is 36.3 Å². The predicted octanol–water partition coefficient (Wildman–Crippen LogP) is 3.02. The van der Waals surface area contributed by atoms with Crippen LogP contribution in [-0.4, -0.2) is 31.5 Å². The third kappa shape index (κ3) is 4.03. The highest BCUT2D eigenvalue weighted by Gasteiger charge is 2.27. The van der Waals surface area contributed by atoms with Crippen molar-refractivity contribution in [1.82, 2.24) is 0 Å². The van der Waals surface area contributed by atoms with Gasteiger partial charge in [0.25, 0.3) is 0 Å². The van der Waals surface area contributed by atoms with E-state index in [1.165, 1.54) is 14.0 Å². The zero-order chi connectivity index (χ0) is 20.3. The van der Waals surface area contributed by atoms with Gasteiger partial charge in [-0.25, -0.2) is 0 Å². The molecule has 1 aliphatic rings. The van der Waals surface area contributed by atoms with E-state index < -0.39 is 6.04 Å². The summed E-state index contributed by atoms with van der Waals surface area (Å²) in [5, 5.41) is 5.64. The number of carbonyl (C=O) groups excluding carboxylic acids is 2. The molecule has 0 spiro atoms. The average molecular weight is 382 g/mol. The van der Waals surface area contributed by atoms with Gasteiger partial charge in [0.15, 0.2) is 0 Å². The molecule has 0 radical (unpaired) electrons. The highest BCUT2D eigenvalue weighted by atomic mass is 16.5. The van der Waals surface area contributed by atoms with Crippen LogP contribution >= 0.6 is 0 Å². The molecule has 2 aromatic carbocycles. The molecule has 7 nitrogen and oxygen atoms in total. The molecule has 0 bridgehead atoms. The van der Waals surface area contributed by atoms with E-state index in [1.807, 2.05) is 25.1 Å². The number of benzene rings is 2. The molecule has 1 heterocycles. The Morgan fingerprint density at radius 1 is 1.21 bits per heavy atom. The quantitative estimate of drug-likeness (QED) is 0.691. The van der Waals surface area contributed by atoms with Crippen molar-refractivity contribution in [2.24, 2.45) is 0 Å². The van der Waals surface area contributed by atoms with Crippen LogP contribution in [0.4, 0.5) is 22.7 Å². The monoisotopic (exact) mass is 382 g/mol. The number of rotatable bonds is 5. The number of anilines is 4. The lowest BCUT2D eigenvalue weighted by molar-refractivity contribution is -0.117. The summed E-state index contributed by atoms with van der Waals surface area (Å²) in [6, 6.07) is 10.5. The minimum Gasteiger partial charge on any atom is -0.495 e. The Hall–Kier alpha value is -3.22. The summed E-state index contributed by atoms with van der Waals surface area (Å²) in [6.07, 6.45) is 1.86. The molecule has 1 unspecified atom stereocenters. The standard InChI is InChI=1S/C21H26N4O3/c1-13(25-11-5-6-16-17(22)7-4-8-19(16)25)21(27)24-18-12-15(23-14(2)26)9-10-20(18)28-3/h4,7-10,12-13H,5-6,11,22H2,1-3H3,(H,23,26)(H,24,27). The van der Waals surface area contributed by atoms with Crippen molar-refractivity contribution < 1.29 is 14.3 Å². The van der Waals surface area contributed by atoms with Crippen LogP contribution in [0, 0.1) is 0 Å². The molecule has 2 amide bonds. The average Bonchev–Trinajstić information content (AvgIpc) is 2.67.